The van der Waals surface area contributed by atoms with Crippen molar-refractivity contribution in [2.24, 2.45) is 19.8 Å². The van der Waals surface area contributed by atoms with Gasteiger partial charge in [0, 0.05) is 48.4 Å². The van der Waals surface area contributed by atoms with Gasteiger partial charge in [-0.15, -0.1) is 11.3 Å². The maximum Gasteiger partial charge on any atom is 0.280 e. The molecule has 10 nitrogen and oxygen atoms in total. The van der Waals surface area contributed by atoms with Crippen molar-refractivity contribution < 1.29 is 18.4 Å². The molecule has 0 saturated heterocycles. The average Bonchev–Trinajstić information content (AvgIpc) is 3.60. The lowest BCUT2D eigenvalue weighted by Crippen LogP contribution is -2.17. The highest BCUT2D eigenvalue weighted by molar-refractivity contribution is 7.21. The Hall–Kier alpha value is -5.04. The lowest BCUT2D eigenvalue weighted by molar-refractivity contribution is 0.100. The molecule has 6 aromatic rings. The van der Waals surface area contributed by atoms with Gasteiger partial charge in [-0.05, 0) is 37.6 Å². The lowest BCUT2D eigenvalue weighted by Gasteiger charge is -2.12. The number of carbonyl (C=O) groups excluding carboxylic acids is 2. The van der Waals surface area contributed by atoms with Crippen LogP contribution in [0.4, 0.5) is 14.5 Å². The third-order valence-corrected chi connectivity index (χ3v) is 8.02. The maximum atomic E-state index is 14.0. The largest absolute Gasteiger partial charge is 0.365 e. The van der Waals surface area contributed by atoms with E-state index in [4.69, 9.17) is 10.7 Å². The number of anilines is 1. The average molecular weight is 587 g/mol. The van der Waals surface area contributed by atoms with Crippen molar-refractivity contribution in [1.82, 2.24) is 29.5 Å². The fourth-order valence-electron chi connectivity index (χ4n) is 5.13. The Morgan fingerprint density at radius 3 is 2.24 bits per heavy atom. The number of benzene rings is 1. The molecule has 13 heteroatoms. The molecule has 0 aliphatic rings. The van der Waals surface area contributed by atoms with Crippen LogP contribution >= 0.6 is 11.3 Å². The molecule has 0 radical (unpaired) electrons. The molecule has 0 aliphatic carbocycles. The number of nitrogens with one attached hydrogen (secondary N) is 1. The van der Waals surface area contributed by atoms with E-state index in [9.17, 15) is 18.4 Å². The number of carbonyl (C=O) groups is 2. The Kier molecular flexibility index (Phi) is 6.53. The van der Waals surface area contributed by atoms with Crippen LogP contribution in [0.2, 0.25) is 0 Å². The Bertz CT molecular complexity index is 2060. The number of alkyl halides is 2. The monoisotopic (exact) mass is 586 g/mol. The highest BCUT2D eigenvalue weighted by Crippen LogP contribution is 2.43. The summed E-state index contributed by atoms with van der Waals surface area (Å²) in [7, 11) is 3.51. The summed E-state index contributed by atoms with van der Waals surface area (Å²) in [6.45, 7) is 3.60. The first-order valence-electron chi connectivity index (χ1n) is 12.8. The van der Waals surface area contributed by atoms with Crippen molar-refractivity contribution in [3.63, 3.8) is 0 Å². The number of primary amides is 1. The molecule has 2 amide bonds. The Balaban J connectivity index is 1.57. The van der Waals surface area contributed by atoms with E-state index in [1.54, 1.807) is 60.8 Å². The Morgan fingerprint density at radius 1 is 0.952 bits per heavy atom. The van der Waals surface area contributed by atoms with E-state index in [1.807, 2.05) is 19.2 Å². The molecule has 42 heavy (non-hydrogen) atoms. The summed E-state index contributed by atoms with van der Waals surface area (Å²) in [6, 6.07) is 10.1. The van der Waals surface area contributed by atoms with Crippen molar-refractivity contribution in [2.75, 3.05) is 5.32 Å². The molecule has 5 aromatic heterocycles. The normalized spacial score (nSPS) is 11.6. The first-order chi connectivity index (χ1) is 20.0. The predicted molar refractivity (Wildman–Crippen MR) is 157 cm³/mol. The van der Waals surface area contributed by atoms with Crippen LogP contribution in [0.5, 0.6) is 0 Å². The Labute approximate surface area is 241 Å². The van der Waals surface area contributed by atoms with Crippen molar-refractivity contribution in [1.29, 1.82) is 0 Å². The van der Waals surface area contributed by atoms with Gasteiger partial charge in [-0.2, -0.15) is 10.2 Å². The SMILES string of the molecule is Cc1nn(C)cc1-c1cc(C(=O)Nc2c(C(N)=O)sc3nc(C(F)F)cc(-c4cn(C)nc4C)c23)c2ccccc2n1. The molecule has 0 aliphatic heterocycles. The Morgan fingerprint density at radius 2 is 1.62 bits per heavy atom. The summed E-state index contributed by atoms with van der Waals surface area (Å²) >= 11 is 0.846. The van der Waals surface area contributed by atoms with Gasteiger partial charge in [-0.25, -0.2) is 18.7 Å². The summed E-state index contributed by atoms with van der Waals surface area (Å²) in [5, 5.41) is 12.5. The summed E-state index contributed by atoms with van der Waals surface area (Å²) < 4.78 is 31.0. The fraction of sp³-hybridized carbons (Fsp3) is 0.172. The molecular formula is C29H24F2N8O2S. The number of halogens is 2. The summed E-state index contributed by atoms with van der Waals surface area (Å²) in [4.78, 5) is 35.7. The van der Waals surface area contributed by atoms with Crippen molar-refractivity contribution in [2.45, 2.75) is 20.3 Å². The zero-order chi connectivity index (χ0) is 29.9. The number of thiophene rings is 1. The van der Waals surface area contributed by atoms with E-state index >= 15 is 0 Å². The van der Waals surface area contributed by atoms with Crippen LogP contribution in [-0.2, 0) is 14.1 Å². The molecule has 0 atom stereocenters. The second kappa shape index (κ2) is 10.1. The number of amides is 2. The molecule has 6 rings (SSSR count). The highest BCUT2D eigenvalue weighted by Gasteiger charge is 2.27. The van der Waals surface area contributed by atoms with Crippen LogP contribution in [0.25, 0.3) is 43.5 Å². The second-order valence-electron chi connectivity index (χ2n) is 9.88. The summed E-state index contributed by atoms with van der Waals surface area (Å²) in [6.07, 6.45) is 0.645. The lowest BCUT2D eigenvalue weighted by atomic mass is 10.0. The van der Waals surface area contributed by atoms with Gasteiger partial charge in [-0.1, -0.05) is 18.2 Å². The molecule has 1 aromatic carbocycles. The van der Waals surface area contributed by atoms with E-state index < -0.39 is 23.9 Å². The molecule has 5 heterocycles. The number of aromatic nitrogens is 6. The van der Waals surface area contributed by atoms with Crippen LogP contribution in [0.1, 0.15) is 43.5 Å². The van der Waals surface area contributed by atoms with E-state index in [1.165, 1.54) is 6.07 Å². The fourth-order valence-corrected chi connectivity index (χ4v) is 6.15. The molecule has 212 valence electrons. The topological polar surface area (TPSA) is 134 Å². The molecule has 3 N–H and O–H groups in total. The smallest absolute Gasteiger partial charge is 0.280 e. The van der Waals surface area contributed by atoms with Gasteiger partial charge in [0.2, 0.25) is 0 Å². The number of pyridine rings is 2. The predicted octanol–water partition coefficient (Wildman–Crippen LogP) is 5.55. The number of para-hydroxylation sites is 1. The van der Waals surface area contributed by atoms with E-state index in [-0.39, 0.29) is 15.4 Å². The van der Waals surface area contributed by atoms with E-state index in [0.717, 1.165) is 22.6 Å². The molecule has 0 bridgehead atoms. The minimum atomic E-state index is -2.86. The zero-order valence-electron chi connectivity index (χ0n) is 22.9. The van der Waals surface area contributed by atoms with Crippen molar-refractivity contribution >= 4 is 50.0 Å². The minimum Gasteiger partial charge on any atom is -0.365 e. The first-order valence-corrected chi connectivity index (χ1v) is 13.6. The number of nitrogens with zero attached hydrogens (tertiary/aromatic N) is 6. The molecule has 0 fully saturated rings. The van der Waals surface area contributed by atoms with Crippen LogP contribution in [0.15, 0.2) is 48.8 Å². The van der Waals surface area contributed by atoms with Crippen molar-refractivity contribution in [3.05, 3.63) is 76.3 Å². The number of hydrogen-bond acceptors (Lipinski definition) is 7. The minimum absolute atomic E-state index is 0.0123. The quantitative estimate of drug-likeness (QED) is 0.263. The molecule has 0 saturated carbocycles. The van der Waals surface area contributed by atoms with Crippen LogP contribution in [-0.4, -0.2) is 41.3 Å². The number of fused-ring (bicyclic) bond motifs is 2. The van der Waals surface area contributed by atoms with Crippen LogP contribution in [0, 0.1) is 13.8 Å². The van der Waals surface area contributed by atoms with Gasteiger partial charge in [0.15, 0.2) is 0 Å². The number of aryl methyl sites for hydroxylation is 4. The van der Waals surface area contributed by atoms with E-state index in [0.29, 0.717) is 44.4 Å². The molecule has 0 unspecified atom stereocenters. The van der Waals surface area contributed by atoms with Gasteiger partial charge in [-0.3, -0.25) is 19.0 Å². The van der Waals surface area contributed by atoms with Gasteiger partial charge in [0.25, 0.3) is 18.2 Å². The molecular weight excluding hydrogens is 562 g/mol. The maximum absolute atomic E-state index is 14.0. The second-order valence-corrected chi connectivity index (χ2v) is 10.9. The molecule has 0 spiro atoms. The van der Waals surface area contributed by atoms with Crippen LogP contribution in [0.3, 0.4) is 0 Å². The highest BCUT2D eigenvalue weighted by atomic mass is 32.1. The third kappa shape index (κ3) is 4.57. The third-order valence-electron chi connectivity index (χ3n) is 6.92. The standard InChI is InChI=1S/C29H24F2N8O2S/c1-13-18(11-38(3)36-13)16-9-22(26(30)31)34-29-23(16)24(25(42-29)27(32)40)35-28(41)17-10-21(19-12-39(4)37-14(19)2)33-20-8-6-5-7-15(17)20/h5-12,26H,1-4H3,(H2,32,40)(H,35,41). The number of rotatable bonds is 6. The van der Waals surface area contributed by atoms with Gasteiger partial charge >= 0.3 is 0 Å². The number of hydrogen-bond donors (Lipinski definition) is 2. The first kappa shape index (κ1) is 27.1. The van der Waals surface area contributed by atoms with E-state index in [2.05, 4.69) is 20.5 Å². The summed E-state index contributed by atoms with van der Waals surface area (Å²) in [5.41, 5.74) is 9.77. The van der Waals surface area contributed by atoms with Gasteiger partial charge in [0.1, 0.15) is 15.4 Å². The summed E-state index contributed by atoms with van der Waals surface area (Å²) in [5.74, 6) is -1.36. The zero-order valence-corrected chi connectivity index (χ0v) is 23.8. The number of nitrogens with two attached hydrogens (primary N) is 1. The van der Waals surface area contributed by atoms with Crippen molar-refractivity contribution in [3.8, 4) is 22.4 Å². The van der Waals surface area contributed by atoms with Gasteiger partial charge < -0.3 is 11.1 Å². The van der Waals surface area contributed by atoms with Gasteiger partial charge in [0.05, 0.1) is 33.8 Å². The van der Waals surface area contributed by atoms with Crippen LogP contribution < -0.4 is 11.1 Å².